The van der Waals surface area contributed by atoms with Crippen LogP contribution in [0.3, 0.4) is 0 Å². The van der Waals surface area contributed by atoms with Gasteiger partial charge in [-0.2, -0.15) is 0 Å². The van der Waals surface area contributed by atoms with Gasteiger partial charge in [0.1, 0.15) is 5.75 Å². The quantitative estimate of drug-likeness (QED) is 0.743. The maximum Gasteiger partial charge on any atom is 0.122 e. The van der Waals surface area contributed by atoms with E-state index in [1.54, 1.807) is 0 Å². The molecule has 0 spiro atoms. The minimum absolute atomic E-state index is 0.236. The Balaban J connectivity index is 2.21. The van der Waals surface area contributed by atoms with E-state index in [4.69, 9.17) is 10.5 Å². The minimum Gasteiger partial charge on any atom is -0.493 e. The first-order valence-electron chi connectivity index (χ1n) is 4.76. The molecule has 0 amide bonds. The van der Waals surface area contributed by atoms with Crippen molar-refractivity contribution in [2.75, 3.05) is 6.61 Å². The van der Waals surface area contributed by atoms with E-state index in [2.05, 4.69) is 18.2 Å². The summed E-state index contributed by atoms with van der Waals surface area (Å²) >= 11 is 0. The van der Waals surface area contributed by atoms with Gasteiger partial charge in [0, 0.05) is 12.5 Å². The van der Waals surface area contributed by atoms with E-state index in [9.17, 15) is 0 Å². The zero-order valence-electron chi connectivity index (χ0n) is 7.92. The number of hydrogen-bond acceptors (Lipinski definition) is 2. The lowest BCUT2D eigenvalue weighted by atomic mass is 10.0. The summed E-state index contributed by atoms with van der Waals surface area (Å²) in [6.45, 7) is 2.86. The van der Waals surface area contributed by atoms with Crippen LogP contribution in [-0.4, -0.2) is 12.6 Å². The predicted octanol–water partition coefficient (Wildman–Crippen LogP) is 1.51. The summed E-state index contributed by atoms with van der Waals surface area (Å²) in [5, 5.41) is 0. The molecule has 1 aromatic rings. The molecule has 0 saturated carbocycles. The molecular formula is C11H15NO. The van der Waals surface area contributed by atoms with Crippen LogP contribution in [0.2, 0.25) is 0 Å². The van der Waals surface area contributed by atoms with E-state index in [0.717, 1.165) is 25.2 Å². The van der Waals surface area contributed by atoms with Gasteiger partial charge in [0.25, 0.3) is 0 Å². The lowest BCUT2D eigenvalue weighted by molar-refractivity contribution is 0.357. The summed E-state index contributed by atoms with van der Waals surface area (Å²) in [7, 11) is 0. The standard InChI is InChI=1S/C11H15NO/c1-8(12)6-9-2-3-11-10(7-9)4-5-13-11/h2-3,7-8H,4-6,12H2,1H3/t8-/m1/s1. The van der Waals surface area contributed by atoms with Crippen molar-refractivity contribution in [2.24, 2.45) is 5.73 Å². The lowest BCUT2D eigenvalue weighted by Crippen LogP contribution is -2.17. The fourth-order valence-corrected chi connectivity index (χ4v) is 1.74. The molecule has 0 fully saturated rings. The van der Waals surface area contributed by atoms with Gasteiger partial charge in [-0.05, 0) is 30.5 Å². The first-order valence-corrected chi connectivity index (χ1v) is 4.76. The van der Waals surface area contributed by atoms with Crippen molar-refractivity contribution in [2.45, 2.75) is 25.8 Å². The zero-order valence-corrected chi connectivity index (χ0v) is 7.92. The molecule has 0 saturated heterocycles. The molecule has 0 aliphatic carbocycles. The fourth-order valence-electron chi connectivity index (χ4n) is 1.74. The molecule has 70 valence electrons. The zero-order chi connectivity index (χ0) is 9.26. The van der Waals surface area contributed by atoms with Crippen LogP contribution in [0.4, 0.5) is 0 Å². The van der Waals surface area contributed by atoms with Crippen LogP contribution in [0.5, 0.6) is 5.75 Å². The second kappa shape index (κ2) is 3.38. The highest BCUT2D eigenvalue weighted by Crippen LogP contribution is 2.26. The number of hydrogen-bond donors (Lipinski definition) is 1. The Bertz CT molecular complexity index is 307. The van der Waals surface area contributed by atoms with Crippen molar-refractivity contribution in [1.29, 1.82) is 0 Å². The molecule has 0 bridgehead atoms. The van der Waals surface area contributed by atoms with E-state index in [1.807, 2.05) is 6.92 Å². The van der Waals surface area contributed by atoms with Gasteiger partial charge in [-0.3, -0.25) is 0 Å². The van der Waals surface area contributed by atoms with E-state index in [0.29, 0.717) is 0 Å². The Labute approximate surface area is 78.7 Å². The third kappa shape index (κ3) is 1.83. The monoisotopic (exact) mass is 177 g/mol. The van der Waals surface area contributed by atoms with Gasteiger partial charge in [0.2, 0.25) is 0 Å². The third-order valence-corrected chi connectivity index (χ3v) is 2.31. The highest BCUT2D eigenvalue weighted by molar-refractivity contribution is 5.39. The Morgan fingerprint density at radius 2 is 2.38 bits per heavy atom. The Kier molecular flexibility index (Phi) is 2.23. The van der Waals surface area contributed by atoms with Crippen LogP contribution >= 0.6 is 0 Å². The van der Waals surface area contributed by atoms with Crippen LogP contribution in [0.15, 0.2) is 18.2 Å². The summed E-state index contributed by atoms with van der Waals surface area (Å²) < 4.78 is 5.43. The summed E-state index contributed by atoms with van der Waals surface area (Å²) in [5.41, 5.74) is 8.39. The second-order valence-electron chi connectivity index (χ2n) is 3.72. The number of ether oxygens (including phenoxy) is 1. The largest absolute Gasteiger partial charge is 0.493 e. The highest BCUT2D eigenvalue weighted by atomic mass is 16.5. The van der Waals surface area contributed by atoms with Crippen molar-refractivity contribution >= 4 is 0 Å². The average Bonchev–Trinajstić information content (AvgIpc) is 2.49. The minimum atomic E-state index is 0.236. The molecule has 1 heterocycles. The van der Waals surface area contributed by atoms with Crippen LogP contribution < -0.4 is 10.5 Å². The first kappa shape index (κ1) is 8.57. The number of benzene rings is 1. The second-order valence-corrected chi connectivity index (χ2v) is 3.72. The maximum atomic E-state index is 5.74. The first-order chi connectivity index (χ1) is 6.25. The maximum absolute atomic E-state index is 5.74. The van der Waals surface area contributed by atoms with Gasteiger partial charge in [-0.15, -0.1) is 0 Å². The van der Waals surface area contributed by atoms with Crippen molar-refractivity contribution in [3.8, 4) is 5.75 Å². The van der Waals surface area contributed by atoms with Gasteiger partial charge >= 0.3 is 0 Å². The van der Waals surface area contributed by atoms with Crippen LogP contribution in [0.25, 0.3) is 0 Å². The van der Waals surface area contributed by atoms with Crippen LogP contribution in [-0.2, 0) is 12.8 Å². The van der Waals surface area contributed by atoms with Gasteiger partial charge in [-0.1, -0.05) is 12.1 Å². The fraction of sp³-hybridized carbons (Fsp3) is 0.455. The summed E-state index contributed by atoms with van der Waals surface area (Å²) in [6.07, 6.45) is 2.00. The number of nitrogens with two attached hydrogens (primary N) is 1. The molecule has 1 aliphatic heterocycles. The number of rotatable bonds is 2. The molecular weight excluding hydrogens is 162 g/mol. The van der Waals surface area contributed by atoms with E-state index in [-0.39, 0.29) is 6.04 Å². The van der Waals surface area contributed by atoms with Crippen molar-refractivity contribution in [3.63, 3.8) is 0 Å². The Hall–Kier alpha value is -1.02. The van der Waals surface area contributed by atoms with Crippen LogP contribution in [0, 0.1) is 0 Å². The van der Waals surface area contributed by atoms with E-state index < -0.39 is 0 Å². The van der Waals surface area contributed by atoms with Gasteiger partial charge in [0.05, 0.1) is 6.61 Å². The van der Waals surface area contributed by atoms with E-state index in [1.165, 1.54) is 11.1 Å². The molecule has 0 unspecified atom stereocenters. The third-order valence-electron chi connectivity index (χ3n) is 2.31. The highest BCUT2D eigenvalue weighted by Gasteiger charge is 2.11. The molecule has 1 aliphatic rings. The van der Waals surface area contributed by atoms with Crippen molar-refractivity contribution in [1.82, 2.24) is 0 Å². The van der Waals surface area contributed by atoms with Gasteiger partial charge in [-0.25, -0.2) is 0 Å². The van der Waals surface area contributed by atoms with Gasteiger partial charge in [0.15, 0.2) is 0 Å². The van der Waals surface area contributed by atoms with Crippen LogP contribution in [0.1, 0.15) is 18.1 Å². The Morgan fingerprint density at radius 1 is 1.54 bits per heavy atom. The lowest BCUT2D eigenvalue weighted by Gasteiger charge is -2.06. The molecule has 2 heteroatoms. The average molecular weight is 177 g/mol. The molecule has 1 atom stereocenters. The van der Waals surface area contributed by atoms with Crippen molar-refractivity contribution < 1.29 is 4.74 Å². The smallest absolute Gasteiger partial charge is 0.122 e. The normalized spacial score (nSPS) is 16.5. The summed E-state index contributed by atoms with van der Waals surface area (Å²) in [5.74, 6) is 1.05. The molecule has 13 heavy (non-hydrogen) atoms. The topological polar surface area (TPSA) is 35.2 Å². The SMILES string of the molecule is C[C@@H](N)Cc1ccc2c(c1)CCO2. The predicted molar refractivity (Wildman–Crippen MR) is 53.0 cm³/mol. The molecule has 1 aromatic carbocycles. The molecule has 2 N–H and O–H groups in total. The molecule has 2 nitrogen and oxygen atoms in total. The van der Waals surface area contributed by atoms with Crippen molar-refractivity contribution in [3.05, 3.63) is 29.3 Å². The molecule has 2 rings (SSSR count). The van der Waals surface area contributed by atoms with Gasteiger partial charge < -0.3 is 10.5 Å². The Morgan fingerprint density at radius 3 is 3.15 bits per heavy atom. The molecule has 0 radical (unpaired) electrons. The van der Waals surface area contributed by atoms with E-state index >= 15 is 0 Å². The summed E-state index contributed by atoms with van der Waals surface area (Å²) in [6, 6.07) is 6.61. The summed E-state index contributed by atoms with van der Waals surface area (Å²) in [4.78, 5) is 0. The number of fused-ring (bicyclic) bond motifs is 1. The molecule has 0 aromatic heterocycles.